The second kappa shape index (κ2) is 8.19. The molecular formula is C16H21N3O3. The summed E-state index contributed by atoms with van der Waals surface area (Å²) in [6.45, 7) is 2.76. The topological polar surface area (TPSA) is 76.4 Å². The Balaban J connectivity index is 2.25. The van der Waals surface area contributed by atoms with Crippen LogP contribution in [-0.4, -0.2) is 40.6 Å². The fourth-order valence-corrected chi connectivity index (χ4v) is 1.91. The number of aliphatic hydroxyl groups is 1. The number of amides is 1. The second-order valence-corrected chi connectivity index (χ2v) is 4.80. The molecule has 118 valence electrons. The summed E-state index contributed by atoms with van der Waals surface area (Å²) in [6, 6.07) is 11.1. The van der Waals surface area contributed by atoms with Gasteiger partial charge in [-0.25, -0.2) is 4.68 Å². The minimum Gasteiger partial charge on any atom is -0.478 e. The van der Waals surface area contributed by atoms with Crippen LogP contribution in [0.4, 0.5) is 0 Å². The van der Waals surface area contributed by atoms with Crippen molar-refractivity contribution in [2.24, 2.45) is 0 Å². The van der Waals surface area contributed by atoms with Crippen LogP contribution in [-0.2, 0) is 0 Å². The Morgan fingerprint density at radius 2 is 2.14 bits per heavy atom. The van der Waals surface area contributed by atoms with Gasteiger partial charge in [0.2, 0.25) is 5.88 Å². The van der Waals surface area contributed by atoms with E-state index >= 15 is 0 Å². The molecule has 0 aliphatic carbocycles. The molecule has 2 N–H and O–H groups in total. The Labute approximate surface area is 129 Å². The lowest BCUT2D eigenvalue weighted by Crippen LogP contribution is -2.26. The molecular weight excluding hydrogens is 282 g/mol. The number of ether oxygens (including phenoxy) is 1. The van der Waals surface area contributed by atoms with Crippen LogP contribution >= 0.6 is 0 Å². The number of hydrogen-bond donors (Lipinski definition) is 2. The maximum Gasteiger partial charge on any atom is 0.272 e. The summed E-state index contributed by atoms with van der Waals surface area (Å²) in [5.74, 6) is 0.206. The molecule has 0 saturated heterocycles. The highest BCUT2D eigenvalue weighted by atomic mass is 16.5. The van der Waals surface area contributed by atoms with Gasteiger partial charge in [0.25, 0.3) is 5.91 Å². The molecule has 0 fully saturated rings. The number of para-hydroxylation sites is 1. The van der Waals surface area contributed by atoms with Crippen molar-refractivity contribution < 1.29 is 14.6 Å². The van der Waals surface area contributed by atoms with Crippen LogP contribution in [0.1, 0.15) is 30.3 Å². The fourth-order valence-electron chi connectivity index (χ4n) is 1.91. The Kier molecular flexibility index (Phi) is 5.97. The molecule has 6 heteroatoms. The predicted octanol–water partition coefficient (Wildman–Crippen LogP) is 1.77. The van der Waals surface area contributed by atoms with Crippen LogP contribution in [0.5, 0.6) is 5.88 Å². The molecule has 0 radical (unpaired) electrons. The van der Waals surface area contributed by atoms with E-state index in [1.165, 1.54) is 0 Å². The first-order chi connectivity index (χ1) is 10.8. The van der Waals surface area contributed by atoms with Crippen molar-refractivity contribution in [1.82, 2.24) is 15.1 Å². The van der Waals surface area contributed by atoms with E-state index < -0.39 is 0 Å². The molecule has 1 aromatic heterocycles. The standard InChI is InChI=1S/C16H21N3O3/c1-2-3-11-22-15-12-14(16(21)17-9-10-20)18-19(15)13-7-5-4-6-8-13/h4-8,12,20H,2-3,9-11H2,1H3,(H,17,21). The van der Waals surface area contributed by atoms with E-state index in [2.05, 4.69) is 17.3 Å². The number of benzene rings is 1. The largest absolute Gasteiger partial charge is 0.478 e. The van der Waals surface area contributed by atoms with Gasteiger partial charge in [-0.15, -0.1) is 0 Å². The maximum absolute atomic E-state index is 12.0. The molecule has 0 unspecified atom stereocenters. The average molecular weight is 303 g/mol. The van der Waals surface area contributed by atoms with Gasteiger partial charge in [-0.3, -0.25) is 4.79 Å². The van der Waals surface area contributed by atoms with Gasteiger partial charge in [0, 0.05) is 12.6 Å². The number of aromatic nitrogens is 2. The Hall–Kier alpha value is -2.34. The van der Waals surface area contributed by atoms with Gasteiger partial charge in [0.15, 0.2) is 5.69 Å². The third kappa shape index (κ3) is 4.08. The maximum atomic E-state index is 12.0. The number of nitrogens with zero attached hydrogens (tertiary/aromatic N) is 2. The van der Waals surface area contributed by atoms with Crippen molar-refractivity contribution in [3.05, 3.63) is 42.1 Å². The normalized spacial score (nSPS) is 10.5. The lowest BCUT2D eigenvalue weighted by atomic mass is 10.3. The van der Waals surface area contributed by atoms with Crippen LogP contribution in [0.15, 0.2) is 36.4 Å². The molecule has 0 aliphatic rings. The molecule has 2 aromatic rings. The third-order valence-corrected chi connectivity index (χ3v) is 3.06. The van der Waals surface area contributed by atoms with Crippen molar-refractivity contribution in [1.29, 1.82) is 0 Å². The number of carbonyl (C=O) groups is 1. The SMILES string of the molecule is CCCCOc1cc(C(=O)NCCO)nn1-c1ccccc1. The molecule has 6 nitrogen and oxygen atoms in total. The van der Waals surface area contributed by atoms with Crippen molar-refractivity contribution in [3.63, 3.8) is 0 Å². The number of nitrogens with one attached hydrogen (secondary N) is 1. The molecule has 1 amide bonds. The van der Waals surface area contributed by atoms with Crippen LogP contribution in [0.3, 0.4) is 0 Å². The summed E-state index contributed by atoms with van der Waals surface area (Å²) in [7, 11) is 0. The number of aliphatic hydroxyl groups excluding tert-OH is 1. The van der Waals surface area contributed by atoms with Gasteiger partial charge in [0.05, 0.1) is 18.9 Å². The van der Waals surface area contributed by atoms with E-state index in [0.717, 1.165) is 18.5 Å². The smallest absolute Gasteiger partial charge is 0.272 e. The van der Waals surface area contributed by atoms with E-state index in [9.17, 15) is 4.79 Å². The van der Waals surface area contributed by atoms with E-state index in [4.69, 9.17) is 9.84 Å². The molecule has 0 saturated carbocycles. The van der Waals surface area contributed by atoms with Gasteiger partial charge >= 0.3 is 0 Å². The van der Waals surface area contributed by atoms with E-state index in [-0.39, 0.29) is 24.8 Å². The molecule has 0 bridgehead atoms. The lowest BCUT2D eigenvalue weighted by Gasteiger charge is -2.08. The lowest BCUT2D eigenvalue weighted by molar-refractivity contribution is 0.0939. The van der Waals surface area contributed by atoms with Crippen LogP contribution < -0.4 is 10.1 Å². The zero-order valence-electron chi connectivity index (χ0n) is 12.7. The predicted molar refractivity (Wildman–Crippen MR) is 83.4 cm³/mol. The second-order valence-electron chi connectivity index (χ2n) is 4.80. The Morgan fingerprint density at radius 3 is 2.82 bits per heavy atom. The number of carbonyl (C=O) groups excluding carboxylic acids is 1. The van der Waals surface area contributed by atoms with Crippen LogP contribution in [0.25, 0.3) is 5.69 Å². The van der Waals surface area contributed by atoms with Crippen molar-refractivity contribution in [3.8, 4) is 11.6 Å². The molecule has 1 heterocycles. The van der Waals surface area contributed by atoms with Crippen molar-refractivity contribution in [2.45, 2.75) is 19.8 Å². The zero-order valence-corrected chi connectivity index (χ0v) is 12.7. The van der Waals surface area contributed by atoms with Gasteiger partial charge in [-0.05, 0) is 18.6 Å². The summed E-state index contributed by atoms with van der Waals surface area (Å²) >= 11 is 0. The molecule has 0 spiro atoms. The third-order valence-electron chi connectivity index (χ3n) is 3.06. The summed E-state index contributed by atoms with van der Waals surface area (Å²) in [5.41, 5.74) is 1.10. The van der Waals surface area contributed by atoms with Crippen molar-refractivity contribution >= 4 is 5.91 Å². The summed E-state index contributed by atoms with van der Waals surface area (Å²) < 4.78 is 7.35. The van der Waals surface area contributed by atoms with Gasteiger partial charge in [0.1, 0.15) is 0 Å². The van der Waals surface area contributed by atoms with Gasteiger partial charge < -0.3 is 15.2 Å². The first-order valence-electron chi connectivity index (χ1n) is 7.43. The first-order valence-corrected chi connectivity index (χ1v) is 7.43. The van der Waals surface area contributed by atoms with E-state index in [1.54, 1.807) is 10.7 Å². The van der Waals surface area contributed by atoms with Crippen molar-refractivity contribution in [2.75, 3.05) is 19.8 Å². The number of rotatable bonds is 8. The molecule has 22 heavy (non-hydrogen) atoms. The zero-order chi connectivity index (χ0) is 15.8. The van der Waals surface area contributed by atoms with Crippen LogP contribution in [0, 0.1) is 0 Å². The Bertz CT molecular complexity index is 596. The highest BCUT2D eigenvalue weighted by molar-refractivity contribution is 5.92. The average Bonchev–Trinajstić information content (AvgIpc) is 2.98. The van der Waals surface area contributed by atoms with E-state index in [1.807, 2.05) is 30.3 Å². The Morgan fingerprint density at radius 1 is 1.36 bits per heavy atom. The summed E-state index contributed by atoms with van der Waals surface area (Å²) in [6.07, 6.45) is 1.97. The first kappa shape index (κ1) is 16.0. The molecule has 0 aliphatic heterocycles. The minimum atomic E-state index is -0.330. The summed E-state index contributed by atoms with van der Waals surface area (Å²) in [4.78, 5) is 12.0. The van der Waals surface area contributed by atoms with E-state index in [0.29, 0.717) is 12.5 Å². The fraction of sp³-hybridized carbons (Fsp3) is 0.375. The highest BCUT2D eigenvalue weighted by Crippen LogP contribution is 2.19. The van der Waals surface area contributed by atoms with Gasteiger partial charge in [-0.1, -0.05) is 31.5 Å². The monoisotopic (exact) mass is 303 g/mol. The summed E-state index contributed by atoms with van der Waals surface area (Å²) in [5, 5.41) is 15.7. The number of unbranched alkanes of at least 4 members (excludes halogenated alkanes) is 1. The molecule has 1 aromatic carbocycles. The van der Waals surface area contributed by atoms with Crippen LogP contribution in [0.2, 0.25) is 0 Å². The quantitative estimate of drug-likeness (QED) is 0.729. The highest BCUT2D eigenvalue weighted by Gasteiger charge is 2.16. The number of hydrogen-bond acceptors (Lipinski definition) is 4. The minimum absolute atomic E-state index is 0.106. The molecule has 2 rings (SSSR count). The molecule has 0 atom stereocenters. The van der Waals surface area contributed by atoms with Gasteiger partial charge in [-0.2, -0.15) is 5.10 Å².